The molecular formula is C13H18N2O4. The number of amides is 2. The Morgan fingerprint density at radius 1 is 1.37 bits per heavy atom. The highest BCUT2D eigenvalue weighted by Gasteiger charge is 2.23. The number of aliphatic hydroxyl groups excluding tert-OH is 1. The lowest BCUT2D eigenvalue weighted by Gasteiger charge is -2.24. The van der Waals surface area contributed by atoms with Crippen LogP contribution in [0.5, 0.6) is 0 Å². The molecule has 6 heteroatoms. The number of nitrogens with zero attached hydrogens (tertiary/aromatic N) is 1. The van der Waals surface area contributed by atoms with Crippen molar-refractivity contribution in [3.05, 3.63) is 29.8 Å². The van der Waals surface area contributed by atoms with Gasteiger partial charge in [-0.15, -0.1) is 0 Å². The number of para-hydroxylation sites is 1. The number of aliphatic hydroxyl groups is 1. The first-order valence-electron chi connectivity index (χ1n) is 5.98. The summed E-state index contributed by atoms with van der Waals surface area (Å²) in [6.07, 6.45) is 0. The van der Waals surface area contributed by atoms with Gasteiger partial charge in [-0.3, -0.25) is 4.90 Å². The minimum atomic E-state index is -1.30. The number of carbonyl (C=O) groups excluding carboxylic acids is 1. The van der Waals surface area contributed by atoms with Crippen LogP contribution < -0.4 is 10.2 Å². The van der Waals surface area contributed by atoms with E-state index < -0.39 is 24.6 Å². The van der Waals surface area contributed by atoms with E-state index in [1.807, 2.05) is 19.1 Å². The van der Waals surface area contributed by atoms with Crippen LogP contribution >= 0.6 is 0 Å². The number of hydrogen-bond acceptors (Lipinski definition) is 3. The summed E-state index contributed by atoms with van der Waals surface area (Å²) in [5.74, 6) is -1.27. The van der Waals surface area contributed by atoms with Crippen LogP contribution in [0, 0.1) is 6.92 Å². The Morgan fingerprint density at radius 2 is 2.00 bits per heavy atom. The fourth-order valence-corrected chi connectivity index (χ4v) is 1.70. The highest BCUT2D eigenvalue weighted by molar-refractivity contribution is 5.95. The van der Waals surface area contributed by atoms with Crippen molar-refractivity contribution in [3.63, 3.8) is 0 Å². The van der Waals surface area contributed by atoms with Crippen LogP contribution in [0.25, 0.3) is 0 Å². The summed E-state index contributed by atoms with van der Waals surface area (Å²) in [7, 11) is 0. The van der Waals surface area contributed by atoms with Crippen molar-refractivity contribution in [2.75, 3.05) is 18.1 Å². The van der Waals surface area contributed by atoms with Crippen molar-refractivity contribution in [3.8, 4) is 0 Å². The molecule has 0 heterocycles. The van der Waals surface area contributed by atoms with Gasteiger partial charge in [0.15, 0.2) is 6.04 Å². The average Bonchev–Trinajstić information content (AvgIpc) is 2.38. The van der Waals surface area contributed by atoms with Gasteiger partial charge in [-0.05, 0) is 25.5 Å². The second-order valence-corrected chi connectivity index (χ2v) is 4.05. The number of aryl methyl sites for hydroxylation is 1. The molecule has 1 rings (SSSR count). The number of aliphatic carboxylic acids is 1. The average molecular weight is 266 g/mol. The summed E-state index contributed by atoms with van der Waals surface area (Å²) < 4.78 is 0. The van der Waals surface area contributed by atoms with Gasteiger partial charge in [-0.1, -0.05) is 18.2 Å². The maximum Gasteiger partial charge on any atom is 0.328 e. The molecule has 0 fully saturated rings. The van der Waals surface area contributed by atoms with Crippen molar-refractivity contribution in [2.45, 2.75) is 19.9 Å². The lowest BCUT2D eigenvalue weighted by molar-refractivity contribution is -0.140. The quantitative estimate of drug-likeness (QED) is 0.741. The zero-order valence-corrected chi connectivity index (χ0v) is 11.0. The number of rotatable bonds is 5. The molecule has 104 valence electrons. The summed E-state index contributed by atoms with van der Waals surface area (Å²) in [6, 6.07) is 5.47. The van der Waals surface area contributed by atoms with Crippen LogP contribution in [0.15, 0.2) is 24.3 Å². The standard InChI is InChI=1S/C13H18N2O4/c1-3-15(11-7-5-4-6-9(11)2)13(19)14-10(8-16)12(17)18/h4-7,10,16H,3,8H2,1-2H3,(H,14,19)(H,17,18)/t10-/m0/s1. The van der Waals surface area contributed by atoms with Gasteiger partial charge in [0.2, 0.25) is 0 Å². The Hall–Kier alpha value is -2.08. The molecule has 0 spiro atoms. The molecule has 0 unspecified atom stereocenters. The third-order valence-electron chi connectivity index (χ3n) is 2.75. The van der Waals surface area contributed by atoms with E-state index in [-0.39, 0.29) is 0 Å². The van der Waals surface area contributed by atoms with Crippen molar-refractivity contribution < 1.29 is 19.8 Å². The second kappa shape index (κ2) is 6.75. The molecule has 0 saturated heterocycles. The minimum Gasteiger partial charge on any atom is -0.480 e. The zero-order valence-electron chi connectivity index (χ0n) is 11.0. The summed E-state index contributed by atoms with van der Waals surface area (Å²) in [4.78, 5) is 24.3. The Morgan fingerprint density at radius 3 is 2.47 bits per heavy atom. The molecule has 0 aromatic heterocycles. The molecule has 0 aliphatic heterocycles. The Labute approximate surface area is 111 Å². The van der Waals surface area contributed by atoms with Crippen LogP contribution in [-0.2, 0) is 4.79 Å². The molecule has 0 aliphatic rings. The predicted octanol–water partition coefficient (Wildman–Crippen LogP) is 0.976. The molecule has 0 aliphatic carbocycles. The second-order valence-electron chi connectivity index (χ2n) is 4.05. The van der Waals surface area contributed by atoms with Crippen molar-refractivity contribution in [1.29, 1.82) is 0 Å². The van der Waals surface area contributed by atoms with Gasteiger partial charge in [-0.2, -0.15) is 0 Å². The third-order valence-corrected chi connectivity index (χ3v) is 2.75. The first-order valence-corrected chi connectivity index (χ1v) is 5.98. The minimum absolute atomic E-state index is 0.397. The predicted molar refractivity (Wildman–Crippen MR) is 71.2 cm³/mol. The fraction of sp³-hybridized carbons (Fsp3) is 0.385. The van der Waals surface area contributed by atoms with Crippen LogP contribution in [0.3, 0.4) is 0 Å². The van der Waals surface area contributed by atoms with Gasteiger partial charge in [0, 0.05) is 12.2 Å². The van der Waals surface area contributed by atoms with E-state index in [0.29, 0.717) is 12.2 Å². The van der Waals surface area contributed by atoms with Crippen LogP contribution in [0.4, 0.5) is 10.5 Å². The Bertz CT molecular complexity index is 462. The van der Waals surface area contributed by atoms with Gasteiger partial charge in [0.05, 0.1) is 6.61 Å². The van der Waals surface area contributed by atoms with E-state index in [1.54, 1.807) is 19.1 Å². The van der Waals surface area contributed by atoms with Crippen LogP contribution in [0.2, 0.25) is 0 Å². The number of urea groups is 1. The van der Waals surface area contributed by atoms with Gasteiger partial charge in [-0.25, -0.2) is 9.59 Å². The van der Waals surface area contributed by atoms with E-state index >= 15 is 0 Å². The van der Waals surface area contributed by atoms with Gasteiger partial charge in [0.1, 0.15) is 0 Å². The molecule has 0 bridgehead atoms. The summed E-state index contributed by atoms with van der Waals surface area (Å²) in [6.45, 7) is 3.41. The molecule has 19 heavy (non-hydrogen) atoms. The third kappa shape index (κ3) is 3.69. The number of hydrogen-bond donors (Lipinski definition) is 3. The van der Waals surface area contributed by atoms with Crippen LogP contribution in [0.1, 0.15) is 12.5 Å². The van der Waals surface area contributed by atoms with E-state index in [4.69, 9.17) is 10.2 Å². The fourth-order valence-electron chi connectivity index (χ4n) is 1.70. The SMILES string of the molecule is CCN(C(=O)N[C@@H](CO)C(=O)O)c1ccccc1C. The van der Waals surface area contributed by atoms with Gasteiger partial charge < -0.3 is 15.5 Å². The number of carboxylic acids is 1. The maximum absolute atomic E-state index is 12.0. The molecule has 1 aromatic rings. The van der Waals surface area contributed by atoms with E-state index in [2.05, 4.69) is 5.32 Å². The highest BCUT2D eigenvalue weighted by atomic mass is 16.4. The first-order chi connectivity index (χ1) is 9.01. The summed E-state index contributed by atoms with van der Waals surface area (Å²) in [5.41, 5.74) is 1.62. The number of nitrogens with one attached hydrogen (secondary N) is 1. The molecule has 2 amide bonds. The van der Waals surface area contributed by atoms with Crippen LogP contribution in [-0.4, -0.2) is 41.4 Å². The number of carbonyl (C=O) groups is 2. The molecule has 1 atom stereocenters. The molecule has 0 radical (unpaired) electrons. The zero-order chi connectivity index (χ0) is 14.4. The molecular weight excluding hydrogens is 248 g/mol. The topological polar surface area (TPSA) is 89.9 Å². The van der Waals surface area contributed by atoms with E-state index in [0.717, 1.165) is 5.56 Å². The van der Waals surface area contributed by atoms with Gasteiger partial charge in [0.25, 0.3) is 0 Å². The first kappa shape index (κ1) is 15.0. The Balaban J connectivity index is 2.89. The van der Waals surface area contributed by atoms with Crippen molar-refractivity contribution >= 4 is 17.7 Å². The van der Waals surface area contributed by atoms with E-state index in [1.165, 1.54) is 4.90 Å². The molecule has 6 nitrogen and oxygen atoms in total. The maximum atomic E-state index is 12.0. The summed E-state index contributed by atoms with van der Waals surface area (Å²) in [5, 5.41) is 20.0. The molecule has 0 saturated carbocycles. The normalized spacial score (nSPS) is 11.7. The van der Waals surface area contributed by atoms with Crippen molar-refractivity contribution in [1.82, 2.24) is 5.32 Å². The van der Waals surface area contributed by atoms with Crippen molar-refractivity contribution in [2.24, 2.45) is 0 Å². The van der Waals surface area contributed by atoms with E-state index in [9.17, 15) is 9.59 Å². The summed E-state index contributed by atoms with van der Waals surface area (Å²) >= 11 is 0. The number of carboxylic acid groups (broad SMARTS) is 1. The largest absolute Gasteiger partial charge is 0.480 e. The number of benzene rings is 1. The Kier molecular flexibility index (Phi) is 5.32. The lowest BCUT2D eigenvalue weighted by Crippen LogP contribution is -2.49. The highest BCUT2D eigenvalue weighted by Crippen LogP contribution is 2.19. The number of anilines is 1. The smallest absolute Gasteiger partial charge is 0.328 e. The molecule has 1 aromatic carbocycles. The lowest BCUT2D eigenvalue weighted by atomic mass is 10.2. The van der Waals surface area contributed by atoms with Gasteiger partial charge >= 0.3 is 12.0 Å². The molecule has 3 N–H and O–H groups in total. The monoisotopic (exact) mass is 266 g/mol.